The van der Waals surface area contributed by atoms with Gasteiger partial charge in [0.15, 0.2) is 0 Å². The maximum Gasteiger partial charge on any atom is 0.410 e. The van der Waals surface area contributed by atoms with E-state index in [1.54, 1.807) is 0 Å². The fourth-order valence-corrected chi connectivity index (χ4v) is 1.37. The van der Waals surface area contributed by atoms with Crippen molar-refractivity contribution in [2.24, 2.45) is 0 Å². The van der Waals surface area contributed by atoms with Gasteiger partial charge in [-0.1, -0.05) is 12.7 Å². The van der Waals surface area contributed by atoms with Crippen molar-refractivity contribution in [2.75, 3.05) is 13.2 Å². The maximum atomic E-state index is 11.3. The summed E-state index contributed by atoms with van der Waals surface area (Å²) in [5.41, 5.74) is 0. The van der Waals surface area contributed by atoms with Crippen molar-refractivity contribution in [3.8, 4) is 0 Å². The summed E-state index contributed by atoms with van der Waals surface area (Å²) in [6.45, 7) is 4.24. The van der Waals surface area contributed by atoms with Gasteiger partial charge in [-0.3, -0.25) is 4.90 Å². The first-order chi connectivity index (χ1) is 6.29. The molecule has 1 saturated heterocycles. The molecule has 13 heavy (non-hydrogen) atoms. The first-order valence-corrected chi connectivity index (χ1v) is 4.29. The van der Waals surface area contributed by atoms with Crippen LogP contribution in [0.25, 0.3) is 0 Å². The highest BCUT2D eigenvalue weighted by atomic mass is 16.6. The van der Waals surface area contributed by atoms with E-state index in [0.717, 1.165) is 19.1 Å². The van der Waals surface area contributed by atoms with Gasteiger partial charge in [-0.05, 0) is 12.8 Å². The summed E-state index contributed by atoms with van der Waals surface area (Å²) in [6.07, 6.45) is 3.49. The summed E-state index contributed by atoms with van der Waals surface area (Å²) in [7, 11) is 0. The molecule has 0 saturated carbocycles. The van der Waals surface area contributed by atoms with Gasteiger partial charge >= 0.3 is 6.09 Å². The molecule has 0 aromatic rings. The molecule has 4 nitrogen and oxygen atoms in total. The number of likely N-dealkylation sites (tertiary alicyclic amines) is 1. The Hall–Kier alpha value is -1.32. The highest BCUT2D eigenvalue weighted by Crippen LogP contribution is 2.16. The van der Waals surface area contributed by atoms with Crippen molar-refractivity contribution in [1.29, 1.82) is 0 Å². The van der Waals surface area contributed by atoms with Gasteiger partial charge in [-0.15, -0.1) is 0 Å². The van der Waals surface area contributed by atoms with Gasteiger partial charge in [-0.25, -0.2) is 4.79 Å². The van der Waals surface area contributed by atoms with Gasteiger partial charge in [0.25, 0.3) is 0 Å². The van der Waals surface area contributed by atoms with E-state index in [1.807, 2.05) is 0 Å². The zero-order chi connectivity index (χ0) is 9.68. The zero-order valence-corrected chi connectivity index (χ0v) is 7.44. The van der Waals surface area contributed by atoms with Gasteiger partial charge < -0.3 is 9.53 Å². The standard InChI is InChI=1S/C9H13NO3/c1-2-6-13-9(12)10-5-3-4-8(10)7-11/h2,7-8H,1,3-6H2/t8-/m0/s1. The number of hydrogen-bond acceptors (Lipinski definition) is 3. The average Bonchev–Trinajstić information content (AvgIpc) is 2.61. The average molecular weight is 183 g/mol. The van der Waals surface area contributed by atoms with Crippen molar-refractivity contribution >= 4 is 12.4 Å². The molecule has 4 heteroatoms. The molecule has 0 aromatic heterocycles. The summed E-state index contributed by atoms with van der Waals surface area (Å²) in [6, 6.07) is -0.294. The molecule has 0 bridgehead atoms. The minimum atomic E-state index is -0.422. The van der Waals surface area contributed by atoms with Crippen molar-refractivity contribution in [3.05, 3.63) is 12.7 Å². The molecular formula is C9H13NO3. The lowest BCUT2D eigenvalue weighted by molar-refractivity contribution is -0.111. The van der Waals surface area contributed by atoms with Crippen LogP contribution >= 0.6 is 0 Å². The molecule has 1 atom stereocenters. The number of rotatable bonds is 3. The Balaban J connectivity index is 2.44. The molecule has 72 valence electrons. The third-order valence-corrected chi connectivity index (χ3v) is 2.02. The van der Waals surface area contributed by atoms with Crippen molar-refractivity contribution in [2.45, 2.75) is 18.9 Å². The van der Waals surface area contributed by atoms with E-state index < -0.39 is 6.09 Å². The van der Waals surface area contributed by atoms with Crippen LogP contribution < -0.4 is 0 Å². The Morgan fingerprint density at radius 2 is 2.46 bits per heavy atom. The van der Waals surface area contributed by atoms with Crippen LogP contribution in [0.4, 0.5) is 4.79 Å². The molecular weight excluding hydrogens is 170 g/mol. The molecule has 1 fully saturated rings. The fraction of sp³-hybridized carbons (Fsp3) is 0.556. The second-order valence-electron chi connectivity index (χ2n) is 2.90. The lowest BCUT2D eigenvalue weighted by atomic mass is 10.2. The smallest absolute Gasteiger partial charge is 0.410 e. The van der Waals surface area contributed by atoms with E-state index >= 15 is 0 Å². The third-order valence-electron chi connectivity index (χ3n) is 2.02. The van der Waals surface area contributed by atoms with Crippen LogP contribution in [0.1, 0.15) is 12.8 Å². The predicted molar refractivity (Wildman–Crippen MR) is 47.3 cm³/mol. The molecule has 0 aromatic carbocycles. The van der Waals surface area contributed by atoms with Crippen LogP contribution in [-0.4, -0.2) is 36.5 Å². The largest absolute Gasteiger partial charge is 0.445 e. The Bertz CT molecular complexity index is 215. The van der Waals surface area contributed by atoms with Crippen LogP contribution in [0.5, 0.6) is 0 Å². The molecule has 0 N–H and O–H groups in total. The topological polar surface area (TPSA) is 46.6 Å². The highest BCUT2D eigenvalue weighted by molar-refractivity contribution is 5.74. The number of carbonyl (C=O) groups excluding carboxylic acids is 2. The SMILES string of the molecule is C=CCOC(=O)N1CCC[C@H]1C=O. The molecule has 1 aliphatic heterocycles. The summed E-state index contributed by atoms with van der Waals surface area (Å²) in [5.74, 6) is 0. The normalized spacial score (nSPS) is 21.2. The number of amides is 1. The molecule has 0 aliphatic carbocycles. The van der Waals surface area contributed by atoms with Crippen LogP contribution in [-0.2, 0) is 9.53 Å². The molecule has 0 unspecified atom stereocenters. The Kier molecular flexibility index (Phi) is 3.49. The third kappa shape index (κ3) is 2.31. The van der Waals surface area contributed by atoms with Crippen molar-refractivity contribution in [3.63, 3.8) is 0 Å². The first kappa shape index (κ1) is 9.77. The predicted octanol–water partition coefficient (Wildman–Crippen LogP) is 0.972. The molecule has 0 spiro atoms. The molecule has 0 radical (unpaired) electrons. The van der Waals surface area contributed by atoms with Crippen molar-refractivity contribution < 1.29 is 14.3 Å². The molecule has 1 amide bonds. The van der Waals surface area contributed by atoms with E-state index in [1.165, 1.54) is 11.0 Å². The number of ether oxygens (including phenoxy) is 1. The Labute approximate surface area is 77.2 Å². The van der Waals surface area contributed by atoms with E-state index in [2.05, 4.69) is 6.58 Å². The van der Waals surface area contributed by atoms with E-state index in [0.29, 0.717) is 6.54 Å². The summed E-state index contributed by atoms with van der Waals surface area (Å²) >= 11 is 0. The molecule has 1 heterocycles. The summed E-state index contributed by atoms with van der Waals surface area (Å²) < 4.78 is 4.82. The van der Waals surface area contributed by atoms with Crippen LogP contribution in [0.15, 0.2) is 12.7 Å². The lowest BCUT2D eigenvalue weighted by Gasteiger charge is -2.18. The lowest BCUT2D eigenvalue weighted by Crippen LogP contribution is -2.36. The number of hydrogen-bond donors (Lipinski definition) is 0. The van der Waals surface area contributed by atoms with Gasteiger partial charge in [0.1, 0.15) is 12.9 Å². The monoisotopic (exact) mass is 183 g/mol. The van der Waals surface area contributed by atoms with Crippen LogP contribution in [0, 0.1) is 0 Å². The van der Waals surface area contributed by atoms with Gasteiger partial charge in [0.2, 0.25) is 0 Å². The second kappa shape index (κ2) is 4.64. The number of aldehydes is 1. The van der Waals surface area contributed by atoms with E-state index in [9.17, 15) is 9.59 Å². The zero-order valence-electron chi connectivity index (χ0n) is 7.44. The highest BCUT2D eigenvalue weighted by Gasteiger charge is 2.28. The minimum Gasteiger partial charge on any atom is -0.445 e. The second-order valence-corrected chi connectivity index (χ2v) is 2.90. The Morgan fingerprint density at radius 1 is 1.69 bits per heavy atom. The fourth-order valence-electron chi connectivity index (χ4n) is 1.37. The summed E-state index contributed by atoms with van der Waals surface area (Å²) in [4.78, 5) is 23.3. The minimum absolute atomic E-state index is 0.195. The Morgan fingerprint density at radius 3 is 3.08 bits per heavy atom. The molecule has 1 aliphatic rings. The van der Waals surface area contributed by atoms with Crippen LogP contribution in [0.3, 0.4) is 0 Å². The van der Waals surface area contributed by atoms with Gasteiger partial charge in [0, 0.05) is 6.54 Å². The van der Waals surface area contributed by atoms with Crippen molar-refractivity contribution in [1.82, 2.24) is 4.90 Å². The number of carbonyl (C=O) groups is 2. The molecule has 1 rings (SSSR count). The van der Waals surface area contributed by atoms with Gasteiger partial charge in [-0.2, -0.15) is 0 Å². The van der Waals surface area contributed by atoms with E-state index in [-0.39, 0.29) is 12.6 Å². The number of nitrogens with zero attached hydrogens (tertiary/aromatic N) is 1. The maximum absolute atomic E-state index is 11.3. The van der Waals surface area contributed by atoms with Crippen LogP contribution in [0.2, 0.25) is 0 Å². The summed E-state index contributed by atoms with van der Waals surface area (Å²) in [5, 5.41) is 0. The quantitative estimate of drug-likeness (QED) is 0.484. The first-order valence-electron chi connectivity index (χ1n) is 4.29. The van der Waals surface area contributed by atoms with Gasteiger partial charge in [0.05, 0.1) is 6.04 Å². The van der Waals surface area contributed by atoms with E-state index in [4.69, 9.17) is 4.74 Å².